The van der Waals surface area contributed by atoms with Crippen molar-refractivity contribution in [1.82, 2.24) is 4.78 Å². The Morgan fingerprint density at radius 3 is 2.55 bits per heavy atom. The number of rotatable bonds is 2. The lowest BCUT2D eigenvalue weighted by Gasteiger charge is -2.17. The molecule has 1 saturated heterocycles. The van der Waals surface area contributed by atoms with E-state index in [4.69, 9.17) is 10.6 Å². The van der Waals surface area contributed by atoms with E-state index in [9.17, 15) is 0 Å². The maximum Gasteiger partial charge on any atom is 0.0805 e. The third-order valence-electron chi connectivity index (χ3n) is 1.44. The van der Waals surface area contributed by atoms with Crippen molar-refractivity contribution < 1.29 is 4.74 Å². The van der Waals surface area contributed by atoms with Gasteiger partial charge < -0.3 is 4.74 Å². The van der Waals surface area contributed by atoms with Gasteiger partial charge in [0, 0.05) is 21.7 Å². The topological polar surface area (TPSA) is 38.5 Å². The Hall–Kier alpha value is 0.310. The van der Waals surface area contributed by atoms with Crippen LogP contribution in [-0.2, 0) is 4.74 Å². The molecule has 68 valence electrons. The molecule has 1 aliphatic heterocycles. The number of ether oxygens (including phenoxy) is 1. The Balaban J connectivity index is 0.000000461. The number of nitrogens with two attached hydrogens (primary N) is 1. The molecule has 0 amide bonds. The molecule has 0 radical (unpaired) electrons. The van der Waals surface area contributed by atoms with E-state index in [0.29, 0.717) is 0 Å². The smallest absolute Gasteiger partial charge is 0.0805 e. The third kappa shape index (κ3) is 4.02. The largest absolute Gasteiger partial charge is 0.379 e. The first-order valence-corrected chi connectivity index (χ1v) is 5.77. The minimum Gasteiger partial charge on any atom is -0.379 e. The SMILES string of the molecule is CC.COCP1CCCN1N. The van der Waals surface area contributed by atoms with Gasteiger partial charge in [-0.15, -0.1) is 0 Å². The molecular weight excluding hydrogens is 159 g/mol. The standard InChI is InChI=1S/C5H13N2OP.C2H6/c1-8-5-9-4-2-3-7(9)6;1-2/h2-6H2,1H3;1-2H3. The molecule has 0 aliphatic carbocycles. The predicted molar refractivity (Wildman–Crippen MR) is 50.5 cm³/mol. The molecule has 11 heavy (non-hydrogen) atoms. The molecule has 1 fully saturated rings. The summed E-state index contributed by atoms with van der Waals surface area (Å²) in [7, 11) is 1.61. The van der Waals surface area contributed by atoms with Gasteiger partial charge in [0.25, 0.3) is 0 Å². The van der Waals surface area contributed by atoms with Crippen LogP contribution in [0.3, 0.4) is 0 Å². The number of nitrogens with zero attached hydrogens (tertiary/aromatic N) is 1. The van der Waals surface area contributed by atoms with E-state index in [-0.39, 0.29) is 8.07 Å². The maximum absolute atomic E-state index is 5.65. The van der Waals surface area contributed by atoms with Gasteiger partial charge in [0.05, 0.1) is 6.35 Å². The van der Waals surface area contributed by atoms with Crippen LogP contribution in [0.2, 0.25) is 0 Å². The molecule has 0 spiro atoms. The average Bonchev–Trinajstić information content (AvgIpc) is 2.42. The molecule has 1 unspecified atom stereocenters. The first-order chi connectivity index (χ1) is 5.34. The van der Waals surface area contributed by atoms with Crippen LogP contribution in [0.4, 0.5) is 0 Å². The second-order valence-electron chi connectivity index (χ2n) is 2.16. The summed E-state index contributed by atoms with van der Waals surface area (Å²) in [6.07, 6.45) is 3.33. The number of hydrogen-bond donors (Lipinski definition) is 1. The first kappa shape index (κ1) is 11.3. The van der Waals surface area contributed by atoms with Crippen LogP contribution in [0.15, 0.2) is 0 Å². The molecule has 1 atom stereocenters. The fourth-order valence-electron chi connectivity index (χ4n) is 0.973. The lowest BCUT2D eigenvalue weighted by Crippen LogP contribution is -2.22. The van der Waals surface area contributed by atoms with Gasteiger partial charge in [0.15, 0.2) is 0 Å². The van der Waals surface area contributed by atoms with Crippen molar-refractivity contribution in [3.8, 4) is 0 Å². The summed E-state index contributed by atoms with van der Waals surface area (Å²) in [4.78, 5) is 0. The molecule has 0 aromatic carbocycles. The summed E-state index contributed by atoms with van der Waals surface area (Å²) in [5.41, 5.74) is 0. The maximum atomic E-state index is 5.65. The average molecular weight is 178 g/mol. The van der Waals surface area contributed by atoms with Crippen molar-refractivity contribution in [3.05, 3.63) is 0 Å². The fourth-order valence-corrected chi connectivity index (χ4v) is 2.74. The van der Waals surface area contributed by atoms with E-state index >= 15 is 0 Å². The lowest BCUT2D eigenvalue weighted by molar-refractivity contribution is 0.250. The van der Waals surface area contributed by atoms with Crippen LogP contribution in [0.5, 0.6) is 0 Å². The van der Waals surface area contributed by atoms with Crippen molar-refractivity contribution in [1.29, 1.82) is 0 Å². The summed E-state index contributed by atoms with van der Waals surface area (Å²) < 4.78 is 6.93. The Labute approximate surface area is 70.7 Å². The van der Waals surface area contributed by atoms with Crippen molar-refractivity contribution in [3.63, 3.8) is 0 Å². The minimum absolute atomic E-state index is 0.118. The molecule has 1 aliphatic rings. The highest BCUT2D eigenvalue weighted by atomic mass is 31.1. The summed E-state index contributed by atoms with van der Waals surface area (Å²) in [5.74, 6) is 5.65. The fraction of sp³-hybridized carbons (Fsp3) is 1.00. The van der Waals surface area contributed by atoms with Crippen molar-refractivity contribution in [2.45, 2.75) is 20.3 Å². The zero-order valence-electron chi connectivity index (χ0n) is 7.71. The van der Waals surface area contributed by atoms with Crippen LogP contribution in [0.25, 0.3) is 0 Å². The molecule has 1 rings (SSSR count). The normalized spacial score (nSPS) is 24.5. The number of methoxy groups -OCH3 is 1. The van der Waals surface area contributed by atoms with Gasteiger partial charge >= 0.3 is 0 Å². The highest BCUT2D eigenvalue weighted by molar-refractivity contribution is 7.55. The second kappa shape index (κ2) is 6.99. The van der Waals surface area contributed by atoms with Gasteiger partial charge in [-0.05, 0) is 12.6 Å². The molecule has 4 heteroatoms. The van der Waals surface area contributed by atoms with Crippen LogP contribution in [-0.4, -0.2) is 30.9 Å². The van der Waals surface area contributed by atoms with E-state index in [0.717, 1.165) is 12.9 Å². The second-order valence-corrected chi connectivity index (χ2v) is 4.40. The van der Waals surface area contributed by atoms with Crippen LogP contribution < -0.4 is 5.84 Å². The van der Waals surface area contributed by atoms with Crippen molar-refractivity contribution in [2.75, 3.05) is 26.2 Å². The lowest BCUT2D eigenvalue weighted by atomic mass is 10.5. The van der Waals surface area contributed by atoms with Gasteiger partial charge in [-0.2, -0.15) is 0 Å². The molecule has 2 N–H and O–H groups in total. The van der Waals surface area contributed by atoms with Crippen molar-refractivity contribution >= 4 is 8.07 Å². The zero-order valence-corrected chi connectivity index (χ0v) is 8.60. The Morgan fingerprint density at radius 1 is 1.55 bits per heavy atom. The van der Waals surface area contributed by atoms with Crippen LogP contribution >= 0.6 is 8.07 Å². The van der Waals surface area contributed by atoms with Gasteiger partial charge in [0.1, 0.15) is 0 Å². The zero-order chi connectivity index (χ0) is 8.69. The molecule has 0 saturated carbocycles. The number of hydrazine groups is 1. The van der Waals surface area contributed by atoms with Gasteiger partial charge in [-0.3, -0.25) is 5.84 Å². The Bertz CT molecular complexity index is 92.5. The quantitative estimate of drug-likeness (QED) is 0.515. The highest BCUT2D eigenvalue weighted by Crippen LogP contribution is 2.42. The van der Waals surface area contributed by atoms with Crippen LogP contribution in [0.1, 0.15) is 20.3 Å². The monoisotopic (exact) mass is 178 g/mol. The van der Waals surface area contributed by atoms with Crippen molar-refractivity contribution in [2.24, 2.45) is 5.84 Å². The summed E-state index contributed by atoms with van der Waals surface area (Å²) >= 11 is 0. The first-order valence-electron chi connectivity index (χ1n) is 4.10. The van der Waals surface area contributed by atoms with E-state index in [1.165, 1.54) is 12.6 Å². The third-order valence-corrected chi connectivity index (χ3v) is 3.76. The molecule has 0 aromatic heterocycles. The summed E-state index contributed by atoms with van der Waals surface area (Å²) in [6.45, 7) is 5.05. The minimum atomic E-state index is -0.118. The molecule has 3 nitrogen and oxygen atoms in total. The van der Waals surface area contributed by atoms with E-state index in [1.807, 2.05) is 18.6 Å². The molecule has 1 heterocycles. The van der Waals surface area contributed by atoms with Crippen LogP contribution in [0, 0.1) is 0 Å². The predicted octanol–water partition coefficient (Wildman–Crippen LogP) is 1.59. The molecule has 0 bridgehead atoms. The highest BCUT2D eigenvalue weighted by Gasteiger charge is 2.20. The molecule has 0 aromatic rings. The van der Waals surface area contributed by atoms with Gasteiger partial charge in [0.2, 0.25) is 0 Å². The summed E-state index contributed by atoms with van der Waals surface area (Å²) in [5, 5.41) is 0. The number of hydrogen-bond acceptors (Lipinski definition) is 3. The van der Waals surface area contributed by atoms with E-state index < -0.39 is 0 Å². The summed E-state index contributed by atoms with van der Waals surface area (Å²) in [6, 6.07) is 0. The Morgan fingerprint density at radius 2 is 2.18 bits per heavy atom. The van der Waals surface area contributed by atoms with E-state index in [1.54, 1.807) is 7.11 Å². The van der Waals surface area contributed by atoms with Gasteiger partial charge in [-0.1, -0.05) is 13.8 Å². The van der Waals surface area contributed by atoms with Gasteiger partial charge in [-0.25, -0.2) is 4.78 Å². The van der Waals surface area contributed by atoms with E-state index in [2.05, 4.69) is 0 Å². The molecular formula is C7H19N2OP. The Kier molecular flexibility index (Phi) is 7.18.